The van der Waals surface area contributed by atoms with Gasteiger partial charge in [0.05, 0.1) is 12.7 Å². The predicted octanol–water partition coefficient (Wildman–Crippen LogP) is 3.19. The minimum Gasteiger partial charge on any atom is -0.393 e. The molecule has 0 spiro atoms. The molecule has 1 aromatic heterocycles. The molecule has 2 saturated heterocycles. The summed E-state index contributed by atoms with van der Waals surface area (Å²) in [5.41, 5.74) is 1.58. The first kappa shape index (κ1) is 16.7. The van der Waals surface area contributed by atoms with Gasteiger partial charge in [-0.05, 0) is 44.4 Å². The van der Waals surface area contributed by atoms with Crippen molar-refractivity contribution in [3.8, 4) is 0 Å². The van der Waals surface area contributed by atoms with E-state index in [9.17, 15) is 13.9 Å². The molecule has 2 aliphatic rings. The molecular weight excluding hydrogens is 326 g/mol. The van der Waals surface area contributed by atoms with Crippen molar-refractivity contribution in [2.24, 2.45) is 5.92 Å². The highest BCUT2D eigenvalue weighted by Crippen LogP contribution is 2.37. The van der Waals surface area contributed by atoms with Crippen molar-refractivity contribution in [3.05, 3.63) is 35.5 Å². The molecule has 2 aliphatic heterocycles. The SMILES string of the molecule is Cc1cc(N2CCCC2C2COCCC2O)c2ccc(F)c(F)c2n1. The van der Waals surface area contributed by atoms with Crippen LogP contribution in [0.25, 0.3) is 10.9 Å². The van der Waals surface area contributed by atoms with Gasteiger partial charge >= 0.3 is 0 Å². The van der Waals surface area contributed by atoms with Crippen LogP contribution in [-0.4, -0.2) is 42.0 Å². The van der Waals surface area contributed by atoms with Crippen molar-refractivity contribution in [2.75, 3.05) is 24.7 Å². The molecule has 134 valence electrons. The van der Waals surface area contributed by atoms with Crippen LogP contribution in [0.4, 0.5) is 14.5 Å². The van der Waals surface area contributed by atoms with E-state index in [2.05, 4.69) is 9.88 Å². The van der Waals surface area contributed by atoms with Gasteiger partial charge in [0.25, 0.3) is 0 Å². The van der Waals surface area contributed by atoms with Gasteiger partial charge in [0, 0.05) is 41.9 Å². The van der Waals surface area contributed by atoms with Crippen LogP contribution in [0.1, 0.15) is 25.0 Å². The highest BCUT2D eigenvalue weighted by Gasteiger charge is 2.38. The molecule has 3 unspecified atom stereocenters. The zero-order chi connectivity index (χ0) is 17.6. The number of aromatic nitrogens is 1. The second-order valence-corrected chi connectivity index (χ2v) is 7.04. The number of pyridine rings is 1. The molecule has 4 nitrogen and oxygen atoms in total. The maximum Gasteiger partial charge on any atom is 0.185 e. The van der Waals surface area contributed by atoms with Gasteiger partial charge in [-0.25, -0.2) is 13.8 Å². The summed E-state index contributed by atoms with van der Waals surface area (Å²) in [6, 6.07) is 4.81. The first-order valence-electron chi connectivity index (χ1n) is 8.84. The zero-order valence-corrected chi connectivity index (χ0v) is 14.2. The highest BCUT2D eigenvalue weighted by molar-refractivity contribution is 5.92. The number of hydrogen-bond acceptors (Lipinski definition) is 4. The number of rotatable bonds is 2. The fourth-order valence-corrected chi connectivity index (χ4v) is 4.23. The molecule has 0 bridgehead atoms. The monoisotopic (exact) mass is 348 g/mol. The summed E-state index contributed by atoms with van der Waals surface area (Å²) in [6.07, 6.45) is 2.21. The maximum atomic E-state index is 14.2. The van der Waals surface area contributed by atoms with Crippen LogP contribution in [0.2, 0.25) is 0 Å². The van der Waals surface area contributed by atoms with Crippen molar-refractivity contribution >= 4 is 16.6 Å². The maximum absolute atomic E-state index is 14.2. The molecule has 0 saturated carbocycles. The summed E-state index contributed by atoms with van der Waals surface area (Å²) in [5.74, 6) is -1.75. The third-order valence-electron chi connectivity index (χ3n) is 5.44. The summed E-state index contributed by atoms with van der Waals surface area (Å²) in [6.45, 7) is 3.74. The Morgan fingerprint density at radius 2 is 2.12 bits per heavy atom. The Bertz CT molecular complexity index is 799. The fourth-order valence-electron chi connectivity index (χ4n) is 4.23. The van der Waals surface area contributed by atoms with E-state index in [0.29, 0.717) is 30.7 Å². The Kier molecular flexibility index (Phi) is 4.33. The van der Waals surface area contributed by atoms with E-state index in [1.807, 2.05) is 6.07 Å². The topological polar surface area (TPSA) is 45.6 Å². The summed E-state index contributed by atoms with van der Waals surface area (Å²) < 4.78 is 33.5. The quantitative estimate of drug-likeness (QED) is 0.905. The number of benzene rings is 1. The molecule has 0 amide bonds. The minimum atomic E-state index is -0.903. The second-order valence-electron chi connectivity index (χ2n) is 7.04. The molecular formula is C19H22F2N2O2. The van der Waals surface area contributed by atoms with E-state index in [1.165, 1.54) is 0 Å². The number of aliphatic hydroxyl groups is 1. The molecule has 1 aromatic carbocycles. The average molecular weight is 348 g/mol. The molecule has 3 heterocycles. The van der Waals surface area contributed by atoms with Crippen molar-refractivity contribution in [2.45, 2.75) is 38.3 Å². The normalized spacial score (nSPS) is 27.2. The van der Waals surface area contributed by atoms with E-state index >= 15 is 0 Å². The molecule has 0 aliphatic carbocycles. The van der Waals surface area contributed by atoms with Crippen LogP contribution in [0, 0.1) is 24.5 Å². The standard InChI is InChI=1S/C19H22F2N2O2/c1-11-9-16(12-4-5-14(20)18(21)19(12)22-11)23-7-2-3-15(23)13-10-25-8-6-17(13)24/h4-5,9,13,15,17,24H,2-3,6-8,10H2,1H3. The van der Waals surface area contributed by atoms with E-state index in [1.54, 1.807) is 13.0 Å². The number of nitrogens with zero attached hydrogens (tertiary/aromatic N) is 2. The van der Waals surface area contributed by atoms with Crippen molar-refractivity contribution in [1.29, 1.82) is 0 Å². The number of anilines is 1. The molecule has 3 atom stereocenters. The number of fused-ring (bicyclic) bond motifs is 1. The third kappa shape index (κ3) is 2.87. The Morgan fingerprint density at radius 1 is 1.28 bits per heavy atom. The number of aryl methyl sites for hydroxylation is 1. The van der Waals surface area contributed by atoms with Crippen LogP contribution < -0.4 is 4.90 Å². The van der Waals surface area contributed by atoms with Crippen LogP contribution in [0.5, 0.6) is 0 Å². The van der Waals surface area contributed by atoms with Gasteiger partial charge in [-0.1, -0.05) is 0 Å². The van der Waals surface area contributed by atoms with Gasteiger partial charge in [0.1, 0.15) is 5.52 Å². The van der Waals surface area contributed by atoms with Gasteiger partial charge in [-0.2, -0.15) is 0 Å². The van der Waals surface area contributed by atoms with Crippen LogP contribution >= 0.6 is 0 Å². The lowest BCUT2D eigenvalue weighted by molar-refractivity contribution is -0.0437. The fraction of sp³-hybridized carbons (Fsp3) is 0.526. The number of halogens is 2. The van der Waals surface area contributed by atoms with E-state index in [0.717, 1.165) is 31.1 Å². The molecule has 1 N–H and O–H groups in total. The molecule has 6 heteroatoms. The average Bonchev–Trinajstić information content (AvgIpc) is 3.07. The molecule has 2 aromatic rings. The Balaban J connectivity index is 1.79. The summed E-state index contributed by atoms with van der Waals surface area (Å²) in [7, 11) is 0. The Hall–Kier alpha value is -1.79. The summed E-state index contributed by atoms with van der Waals surface area (Å²) >= 11 is 0. The van der Waals surface area contributed by atoms with E-state index < -0.39 is 11.6 Å². The molecule has 0 radical (unpaired) electrons. The molecule has 25 heavy (non-hydrogen) atoms. The first-order valence-corrected chi connectivity index (χ1v) is 8.84. The third-order valence-corrected chi connectivity index (χ3v) is 5.44. The smallest absolute Gasteiger partial charge is 0.185 e. The van der Waals surface area contributed by atoms with Gasteiger partial charge in [0.2, 0.25) is 0 Å². The first-order chi connectivity index (χ1) is 12.1. The van der Waals surface area contributed by atoms with Gasteiger partial charge in [-0.15, -0.1) is 0 Å². The van der Waals surface area contributed by atoms with Gasteiger partial charge in [-0.3, -0.25) is 0 Å². The largest absolute Gasteiger partial charge is 0.393 e. The zero-order valence-electron chi connectivity index (χ0n) is 14.2. The second kappa shape index (κ2) is 6.50. The Morgan fingerprint density at radius 3 is 2.92 bits per heavy atom. The van der Waals surface area contributed by atoms with Crippen molar-refractivity contribution in [3.63, 3.8) is 0 Å². The van der Waals surface area contributed by atoms with Crippen molar-refractivity contribution in [1.82, 2.24) is 4.98 Å². The van der Waals surface area contributed by atoms with Crippen LogP contribution in [0.15, 0.2) is 18.2 Å². The lowest BCUT2D eigenvalue weighted by Crippen LogP contribution is -2.46. The summed E-state index contributed by atoms with van der Waals surface area (Å²) in [5, 5.41) is 11.0. The van der Waals surface area contributed by atoms with Gasteiger partial charge < -0.3 is 14.7 Å². The number of ether oxygens (including phenoxy) is 1. The summed E-state index contributed by atoms with van der Waals surface area (Å²) in [4.78, 5) is 6.42. The van der Waals surface area contributed by atoms with Gasteiger partial charge in [0.15, 0.2) is 11.6 Å². The highest BCUT2D eigenvalue weighted by atomic mass is 19.2. The lowest BCUT2D eigenvalue weighted by atomic mass is 9.89. The molecule has 2 fully saturated rings. The van der Waals surface area contributed by atoms with Crippen molar-refractivity contribution < 1.29 is 18.6 Å². The lowest BCUT2D eigenvalue weighted by Gasteiger charge is -2.38. The van der Waals surface area contributed by atoms with Crippen LogP contribution in [-0.2, 0) is 4.74 Å². The van der Waals surface area contributed by atoms with E-state index in [4.69, 9.17) is 4.74 Å². The predicted molar refractivity (Wildman–Crippen MR) is 91.7 cm³/mol. The van der Waals surface area contributed by atoms with E-state index in [-0.39, 0.29) is 23.6 Å². The molecule has 4 rings (SSSR count). The number of hydrogen-bond donors (Lipinski definition) is 1. The Labute approximate surface area is 145 Å². The minimum absolute atomic E-state index is 0.0325. The number of aliphatic hydroxyl groups excluding tert-OH is 1. The van der Waals surface area contributed by atoms with Crippen LogP contribution in [0.3, 0.4) is 0 Å².